The Hall–Kier alpha value is -0.120. The first-order valence-electron chi connectivity index (χ1n) is 7.38. The summed E-state index contributed by atoms with van der Waals surface area (Å²) in [5, 5.41) is 0. The van der Waals surface area contributed by atoms with Crippen LogP contribution < -0.4 is 5.73 Å². The van der Waals surface area contributed by atoms with E-state index >= 15 is 0 Å². The molecule has 0 aromatic rings. The van der Waals surface area contributed by atoms with Crippen LogP contribution >= 0.6 is 0 Å². The summed E-state index contributed by atoms with van der Waals surface area (Å²) < 4.78 is 0. The highest BCUT2D eigenvalue weighted by atomic mass is 15.2. The van der Waals surface area contributed by atoms with Gasteiger partial charge in [0, 0.05) is 18.1 Å². The highest BCUT2D eigenvalue weighted by molar-refractivity contribution is 4.88. The van der Waals surface area contributed by atoms with E-state index in [1.54, 1.807) is 0 Å². The number of hydrogen-bond donors (Lipinski definition) is 1. The highest BCUT2D eigenvalue weighted by Gasteiger charge is 2.32. The average Bonchev–Trinajstić information content (AvgIpc) is 2.34. The third-order valence-corrected chi connectivity index (χ3v) is 4.82. The first kappa shape index (κ1) is 13.3. The van der Waals surface area contributed by atoms with Crippen LogP contribution in [0.25, 0.3) is 0 Å². The quantitative estimate of drug-likeness (QED) is 0.813. The normalized spacial score (nSPS) is 37.2. The molecule has 3 unspecified atom stereocenters. The van der Waals surface area contributed by atoms with Gasteiger partial charge in [-0.1, -0.05) is 6.42 Å². The van der Waals surface area contributed by atoms with Gasteiger partial charge in [-0.2, -0.15) is 0 Å². The summed E-state index contributed by atoms with van der Waals surface area (Å²) in [4.78, 5) is 5.29. The summed E-state index contributed by atoms with van der Waals surface area (Å²) in [7, 11) is 2.26. The van der Waals surface area contributed by atoms with E-state index in [2.05, 4.69) is 23.8 Å². The fourth-order valence-electron chi connectivity index (χ4n) is 3.57. The summed E-state index contributed by atoms with van der Waals surface area (Å²) in [6.07, 6.45) is 8.06. The third kappa shape index (κ3) is 3.21. The molecule has 2 fully saturated rings. The molecule has 3 atom stereocenters. The second-order valence-electron chi connectivity index (χ2n) is 5.97. The largest absolute Gasteiger partial charge is 0.330 e. The van der Waals surface area contributed by atoms with Crippen LogP contribution in [0.4, 0.5) is 0 Å². The Morgan fingerprint density at radius 2 is 2.00 bits per heavy atom. The van der Waals surface area contributed by atoms with Crippen LogP contribution in [0, 0.1) is 0 Å². The minimum absolute atomic E-state index is 0.745. The first-order chi connectivity index (χ1) is 8.22. The molecule has 0 radical (unpaired) electrons. The van der Waals surface area contributed by atoms with Crippen LogP contribution in [0.1, 0.15) is 45.4 Å². The molecule has 0 aromatic carbocycles. The fourth-order valence-corrected chi connectivity index (χ4v) is 3.57. The molecule has 0 saturated carbocycles. The van der Waals surface area contributed by atoms with Crippen LogP contribution in [-0.2, 0) is 0 Å². The minimum atomic E-state index is 0.745. The molecule has 0 spiro atoms. The molecule has 0 amide bonds. The fraction of sp³-hybridized carbons (Fsp3) is 1.00. The maximum Gasteiger partial charge on any atom is 0.0125 e. The Morgan fingerprint density at radius 3 is 2.71 bits per heavy atom. The van der Waals surface area contributed by atoms with Crippen LogP contribution in [0.3, 0.4) is 0 Å². The number of nitrogens with two attached hydrogens (primary N) is 1. The molecule has 0 aliphatic carbocycles. The topological polar surface area (TPSA) is 32.5 Å². The molecule has 2 N–H and O–H groups in total. The third-order valence-electron chi connectivity index (χ3n) is 4.82. The van der Waals surface area contributed by atoms with Crippen molar-refractivity contribution in [2.24, 2.45) is 5.73 Å². The van der Waals surface area contributed by atoms with E-state index in [0.29, 0.717) is 0 Å². The van der Waals surface area contributed by atoms with Crippen molar-refractivity contribution in [2.45, 2.75) is 63.6 Å². The van der Waals surface area contributed by atoms with E-state index in [9.17, 15) is 0 Å². The van der Waals surface area contributed by atoms with Gasteiger partial charge < -0.3 is 10.6 Å². The summed E-state index contributed by atoms with van der Waals surface area (Å²) in [5.74, 6) is 0. The van der Waals surface area contributed by atoms with E-state index < -0.39 is 0 Å². The van der Waals surface area contributed by atoms with Crippen molar-refractivity contribution in [3.63, 3.8) is 0 Å². The van der Waals surface area contributed by atoms with Crippen molar-refractivity contribution >= 4 is 0 Å². The van der Waals surface area contributed by atoms with Gasteiger partial charge in [0.1, 0.15) is 0 Å². The molecule has 2 saturated heterocycles. The molecule has 2 rings (SSSR count). The lowest BCUT2D eigenvalue weighted by atomic mass is 9.91. The summed E-state index contributed by atoms with van der Waals surface area (Å²) in [6.45, 7) is 5.79. The molecule has 0 bridgehead atoms. The van der Waals surface area contributed by atoms with Gasteiger partial charge in [-0.25, -0.2) is 0 Å². The van der Waals surface area contributed by atoms with E-state index in [4.69, 9.17) is 5.73 Å². The Labute approximate surface area is 106 Å². The molecule has 2 aliphatic rings. The van der Waals surface area contributed by atoms with E-state index in [1.807, 2.05) is 0 Å². The Kier molecular flexibility index (Phi) is 4.83. The van der Waals surface area contributed by atoms with Gasteiger partial charge in [0.05, 0.1) is 0 Å². The zero-order valence-electron chi connectivity index (χ0n) is 11.6. The Morgan fingerprint density at radius 1 is 1.18 bits per heavy atom. The SMILES string of the molecule is CC1CC(N2CCCCC2CCN)CCN1C. The monoisotopic (exact) mass is 239 g/mol. The summed E-state index contributed by atoms with van der Waals surface area (Å²) >= 11 is 0. The van der Waals surface area contributed by atoms with Gasteiger partial charge in [-0.3, -0.25) is 4.90 Å². The van der Waals surface area contributed by atoms with Gasteiger partial charge in [0.25, 0.3) is 0 Å². The smallest absolute Gasteiger partial charge is 0.0125 e. The lowest BCUT2D eigenvalue weighted by Crippen LogP contribution is -2.52. The highest BCUT2D eigenvalue weighted by Crippen LogP contribution is 2.28. The van der Waals surface area contributed by atoms with Crippen molar-refractivity contribution in [3.8, 4) is 0 Å². The lowest BCUT2D eigenvalue weighted by Gasteiger charge is -2.46. The maximum absolute atomic E-state index is 5.77. The molecule has 0 aromatic heterocycles. The number of likely N-dealkylation sites (tertiary alicyclic amines) is 2. The van der Waals surface area contributed by atoms with Gasteiger partial charge in [0.2, 0.25) is 0 Å². The standard InChI is InChI=1S/C14H29N3/c1-12-11-14(7-10-16(12)2)17-9-4-3-5-13(17)6-8-15/h12-14H,3-11,15H2,1-2H3. The van der Waals surface area contributed by atoms with Crippen molar-refractivity contribution in [2.75, 3.05) is 26.7 Å². The Bertz CT molecular complexity index is 230. The van der Waals surface area contributed by atoms with Crippen molar-refractivity contribution < 1.29 is 0 Å². The zero-order chi connectivity index (χ0) is 12.3. The second-order valence-corrected chi connectivity index (χ2v) is 5.97. The molecule has 2 heterocycles. The van der Waals surface area contributed by atoms with Crippen LogP contribution in [0.15, 0.2) is 0 Å². The van der Waals surface area contributed by atoms with Crippen molar-refractivity contribution in [3.05, 3.63) is 0 Å². The minimum Gasteiger partial charge on any atom is -0.330 e. The number of hydrogen-bond acceptors (Lipinski definition) is 3. The van der Waals surface area contributed by atoms with Crippen molar-refractivity contribution in [1.82, 2.24) is 9.80 Å². The van der Waals surface area contributed by atoms with E-state index in [-0.39, 0.29) is 0 Å². The van der Waals surface area contributed by atoms with E-state index in [1.165, 1.54) is 51.6 Å². The predicted molar refractivity (Wildman–Crippen MR) is 73.1 cm³/mol. The van der Waals surface area contributed by atoms with Gasteiger partial charge >= 0.3 is 0 Å². The van der Waals surface area contributed by atoms with Crippen LogP contribution in [-0.4, -0.2) is 54.6 Å². The molecule has 3 heteroatoms. The molecular formula is C14H29N3. The van der Waals surface area contributed by atoms with Crippen LogP contribution in [0.2, 0.25) is 0 Å². The summed E-state index contributed by atoms with van der Waals surface area (Å²) in [5.41, 5.74) is 5.77. The zero-order valence-corrected chi connectivity index (χ0v) is 11.6. The van der Waals surface area contributed by atoms with E-state index in [0.717, 1.165) is 24.7 Å². The van der Waals surface area contributed by atoms with Crippen LogP contribution in [0.5, 0.6) is 0 Å². The predicted octanol–water partition coefficient (Wildman–Crippen LogP) is 1.67. The molecule has 100 valence electrons. The van der Waals surface area contributed by atoms with Gasteiger partial charge in [0.15, 0.2) is 0 Å². The summed E-state index contributed by atoms with van der Waals surface area (Å²) in [6, 6.07) is 2.33. The van der Waals surface area contributed by atoms with Crippen molar-refractivity contribution in [1.29, 1.82) is 0 Å². The first-order valence-corrected chi connectivity index (χ1v) is 7.38. The maximum atomic E-state index is 5.77. The molecule has 2 aliphatic heterocycles. The lowest BCUT2D eigenvalue weighted by molar-refractivity contribution is 0.0355. The molecule has 3 nitrogen and oxygen atoms in total. The number of nitrogens with zero attached hydrogens (tertiary/aromatic N) is 2. The number of rotatable bonds is 3. The number of piperidine rings is 2. The van der Waals surface area contributed by atoms with Gasteiger partial charge in [-0.05, 0) is 65.7 Å². The average molecular weight is 239 g/mol. The molecule has 17 heavy (non-hydrogen) atoms. The molecular weight excluding hydrogens is 210 g/mol. The second kappa shape index (κ2) is 6.17. The Balaban J connectivity index is 1.94. The van der Waals surface area contributed by atoms with Gasteiger partial charge in [-0.15, -0.1) is 0 Å².